The van der Waals surface area contributed by atoms with E-state index < -0.39 is 0 Å². The number of hydrogen-bond acceptors (Lipinski definition) is 2. The molecule has 0 N–H and O–H groups in total. The van der Waals surface area contributed by atoms with E-state index in [1.54, 1.807) is 0 Å². The lowest BCUT2D eigenvalue weighted by Gasteiger charge is -2.14. The Morgan fingerprint density at radius 1 is 1.18 bits per heavy atom. The van der Waals surface area contributed by atoms with Crippen molar-refractivity contribution in [2.45, 2.75) is 33.2 Å². The van der Waals surface area contributed by atoms with Crippen molar-refractivity contribution >= 4 is 17.6 Å². The summed E-state index contributed by atoms with van der Waals surface area (Å²) in [5.41, 5.74) is 2.86. The number of hydrogen-bond donors (Lipinski definition) is 0. The number of ether oxygens (including phenoxy) is 1. The van der Waals surface area contributed by atoms with E-state index in [9.17, 15) is 4.79 Å². The topological polar surface area (TPSA) is 31.2 Å². The summed E-state index contributed by atoms with van der Waals surface area (Å²) in [6, 6.07) is 11.6. The van der Waals surface area contributed by atoms with E-state index in [2.05, 4.69) is 13.8 Å². The molecular formula is C18H22ClNO2. The molecule has 0 saturated carbocycles. The Labute approximate surface area is 136 Å². The van der Waals surface area contributed by atoms with Crippen LogP contribution in [0.1, 0.15) is 42.0 Å². The molecule has 0 amide bonds. The maximum absolute atomic E-state index is 12.0. The Morgan fingerprint density at radius 3 is 2.45 bits per heavy atom. The molecule has 0 bridgehead atoms. The van der Waals surface area contributed by atoms with Gasteiger partial charge in [0.25, 0.3) is 0 Å². The van der Waals surface area contributed by atoms with E-state index in [0.29, 0.717) is 23.2 Å². The zero-order chi connectivity index (χ0) is 16.1. The minimum absolute atomic E-state index is 0.301. The van der Waals surface area contributed by atoms with Crippen LogP contribution < -0.4 is 0 Å². The largest absolute Gasteiger partial charge is 0.464 e. The maximum Gasteiger partial charge on any atom is 0.354 e. The zero-order valence-electron chi connectivity index (χ0n) is 13.3. The number of esters is 1. The van der Waals surface area contributed by atoms with E-state index in [4.69, 9.17) is 16.3 Å². The number of carbonyl (C=O) groups excluding carboxylic acids is 1. The molecule has 0 radical (unpaired) electrons. The molecule has 1 aromatic heterocycles. The number of halogens is 1. The van der Waals surface area contributed by atoms with Crippen molar-refractivity contribution < 1.29 is 9.53 Å². The van der Waals surface area contributed by atoms with E-state index in [-0.39, 0.29) is 5.97 Å². The van der Waals surface area contributed by atoms with Crippen molar-refractivity contribution in [2.24, 2.45) is 5.92 Å². The smallest absolute Gasteiger partial charge is 0.354 e. The normalized spacial score (nSPS) is 11.0. The number of aromatic nitrogens is 1. The first kappa shape index (κ1) is 16.6. The van der Waals surface area contributed by atoms with Crippen LogP contribution in [0.5, 0.6) is 0 Å². The number of methoxy groups -OCH3 is 1. The van der Waals surface area contributed by atoms with Gasteiger partial charge in [-0.25, -0.2) is 4.79 Å². The average molecular weight is 320 g/mol. The molecule has 2 rings (SSSR count). The van der Waals surface area contributed by atoms with Crippen molar-refractivity contribution in [3.8, 4) is 0 Å². The Hall–Kier alpha value is -1.74. The summed E-state index contributed by atoms with van der Waals surface area (Å²) in [6.45, 7) is 5.05. The van der Waals surface area contributed by atoms with Crippen molar-refractivity contribution in [1.82, 2.24) is 4.57 Å². The van der Waals surface area contributed by atoms with E-state index >= 15 is 0 Å². The highest BCUT2D eigenvalue weighted by Crippen LogP contribution is 2.18. The van der Waals surface area contributed by atoms with Crippen LogP contribution >= 0.6 is 11.6 Å². The van der Waals surface area contributed by atoms with Gasteiger partial charge in [-0.05, 0) is 48.6 Å². The third-order valence-corrected chi connectivity index (χ3v) is 3.95. The molecule has 3 nitrogen and oxygen atoms in total. The predicted molar refractivity (Wildman–Crippen MR) is 89.5 cm³/mol. The minimum Gasteiger partial charge on any atom is -0.464 e. The fraction of sp³-hybridized carbons (Fsp3) is 0.389. The van der Waals surface area contributed by atoms with E-state index in [0.717, 1.165) is 24.1 Å². The highest BCUT2D eigenvalue weighted by Gasteiger charge is 2.16. The van der Waals surface area contributed by atoms with Crippen LogP contribution in [0.4, 0.5) is 0 Å². The average Bonchev–Trinajstić information content (AvgIpc) is 2.89. The molecule has 0 unspecified atom stereocenters. The second-order valence-corrected chi connectivity index (χ2v) is 6.28. The molecule has 0 aliphatic heterocycles. The molecule has 0 fully saturated rings. The van der Waals surface area contributed by atoms with Crippen LogP contribution in [0.25, 0.3) is 0 Å². The Balaban J connectivity index is 2.29. The molecule has 22 heavy (non-hydrogen) atoms. The van der Waals surface area contributed by atoms with Gasteiger partial charge in [0.2, 0.25) is 0 Å². The Kier molecular flexibility index (Phi) is 5.67. The van der Waals surface area contributed by atoms with Gasteiger partial charge < -0.3 is 9.30 Å². The summed E-state index contributed by atoms with van der Waals surface area (Å²) in [5, 5.41) is 0.712. The van der Waals surface area contributed by atoms with Crippen LogP contribution in [-0.2, 0) is 17.7 Å². The first-order chi connectivity index (χ1) is 10.5. The lowest BCUT2D eigenvalue weighted by Crippen LogP contribution is -2.14. The first-order valence-electron chi connectivity index (χ1n) is 7.52. The van der Waals surface area contributed by atoms with E-state index in [1.165, 1.54) is 7.11 Å². The highest BCUT2D eigenvalue weighted by atomic mass is 35.5. The van der Waals surface area contributed by atoms with Crippen LogP contribution in [0.2, 0.25) is 5.02 Å². The van der Waals surface area contributed by atoms with Crippen molar-refractivity contribution in [1.29, 1.82) is 0 Å². The molecule has 2 aromatic rings. The standard InChI is InChI=1S/C18H22ClNO2/c1-13(2)4-9-16-10-11-17(18(21)22-3)20(16)12-14-5-7-15(19)8-6-14/h5-8,10-11,13H,4,9,12H2,1-3H3. The zero-order valence-corrected chi connectivity index (χ0v) is 14.1. The van der Waals surface area contributed by atoms with Gasteiger partial charge in [0.05, 0.1) is 7.11 Å². The van der Waals surface area contributed by atoms with Gasteiger partial charge in [-0.1, -0.05) is 37.6 Å². The number of nitrogens with zero attached hydrogens (tertiary/aromatic N) is 1. The fourth-order valence-electron chi connectivity index (χ4n) is 2.41. The van der Waals surface area contributed by atoms with Crippen LogP contribution in [-0.4, -0.2) is 17.6 Å². The summed E-state index contributed by atoms with van der Waals surface area (Å²) >= 11 is 5.93. The number of rotatable bonds is 6. The quantitative estimate of drug-likeness (QED) is 0.731. The molecule has 4 heteroatoms. The second kappa shape index (κ2) is 7.50. The van der Waals surface area contributed by atoms with Crippen LogP contribution in [0, 0.1) is 5.92 Å². The van der Waals surface area contributed by atoms with Crippen molar-refractivity contribution in [2.75, 3.05) is 7.11 Å². The van der Waals surface area contributed by atoms with Gasteiger partial charge in [-0.15, -0.1) is 0 Å². The lowest BCUT2D eigenvalue weighted by atomic mass is 10.1. The molecule has 0 atom stereocenters. The van der Waals surface area contributed by atoms with Gasteiger partial charge in [-0.2, -0.15) is 0 Å². The molecule has 1 aromatic carbocycles. The van der Waals surface area contributed by atoms with Gasteiger partial charge in [0.15, 0.2) is 0 Å². The first-order valence-corrected chi connectivity index (χ1v) is 7.90. The molecular weight excluding hydrogens is 298 g/mol. The number of benzene rings is 1. The van der Waals surface area contributed by atoms with Crippen molar-refractivity contribution in [3.63, 3.8) is 0 Å². The maximum atomic E-state index is 12.0. The molecule has 0 aliphatic carbocycles. The number of carbonyl (C=O) groups is 1. The summed E-state index contributed by atoms with van der Waals surface area (Å²) in [7, 11) is 1.41. The minimum atomic E-state index is -0.301. The molecule has 118 valence electrons. The highest BCUT2D eigenvalue weighted by molar-refractivity contribution is 6.30. The van der Waals surface area contributed by atoms with Gasteiger partial charge >= 0.3 is 5.97 Å². The van der Waals surface area contributed by atoms with Gasteiger partial charge in [-0.3, -0.25) is 0 Å². The lowest BCUT2D eigenvalue weighted by molar-refractivity contribution is 0.0588. The molecule has 0 saturated heterocycles. The monoisotopic (exact) mass is 319 g/mol. The van der Waals surface area contributed by atoms with Gasteiger partial charge in [0.1, 0.15) is 5.69 Å². The molecule has 1 heterocycles. The van der Waals surface area contributed by atoms with Crippen LogP contribution in [0.15, 0.2) is 36.4 Å². The summed E-state index contributed by atoms with van der Waals surface area (Å²) < 4.78 is 6.93. The third kappa shape index (κ3) is 4.14. The Morgan fingerprint density at radius 2 is 1.86 bits per heavy atom. The number of aryl methyl sites for hydroxylation is 1. The second-order valence-electron chi connectivity index (χ2n) is 5.85. The fourth-order valence-corrected chi connectivity index (χ4v) is 2.53. The molecule has 0 spiro atoms. The van der Waals surface area contributed by atoms with Gasteiger partial charge in [0, 0.05) is 17.3 Å². The summed E-state index contributed by atoms with van der Waals surface area (Å²) in [6.07, 6.45) is 2.04. The van der Waals surface area contributed by atoms with E-state index in [1.807, 2.05) is 41.0 Å². The summed E-state index contributed by atoms with van der Waals surface area (Å²) in [5.74, 6) is 0.324. The SMILES string of the molecule is COC(=O)c1ccc(CCC(C)C)n1Cc1ccc(Cl)cc1. The third-order valence-electron chi connectivity index (χ3n) is 3.70. The molecule has 0 aliphatic rings. The Bertz CT molecular complexity index is 629. The van der Waals surface area contributed by atoms with Crippen molar-refractivity contribution in [3.05, 3.63) is 58.4 Å². The predicted octanol–water partition coefficient (Wildman–Crippen LogP) is 4.57. The summed E-state index contributed by atoms with van der Waals surface area (Å²) in [4.78, 5) is 12.0. The van der Waals surface area contributed by atoms with Crippen LogP contribution in [0.3, 0.4) is 0 Å².